The van der Waals surface area contributed by atoms with Crippen molar-refractivity contribution in [1.29, 1.82) is 0 Å². The molecule has 3 atom stereocenters. The van der Waals surface area contributed by atoms with E-state index in [-0.39, 0.29) is 12.5 Å². The number of hydrogen-bond acceptors (Lipinski definition) is 4. The normalized spacial score (nSPS) is 29.9. The van der Waals surface area contributed by atoms with E-state index in [0.29, 0.717) is 6.61 Å². The maximum absolute atomic E-state index is 12.2. The summed E-state index contributed by atoms with van der Waals surface area (Å²) in [4.78, 5) is 23.4. The summed E-state index contributed by atoms with van der Waals surface area (Å²) in [6.45, 7) is 7.52. The summed E-state index contributed by atoms with van der Waals surface area (Å²) in [5.41, 5.74) is 4.41. The van der Waals surface area contributed by atoms with Crippen molar-refractivity contribution in [3.63, 3.8) is 0 Å². The average molecular weight is 258 g/mol. The number of ether oxygens (including phenoxy) is 1. The molecule has 0 aromatic rings. The number of hydrogen-bond donors (Lipinski definition) is 3. The molecule has 1 heterocycles. The Hall–Kier alpha value is -1.14. The molecule has 0 aromatic heterocycles. The number of nitrogens with two attached hydrogens (primary N) is 1. The van der Waals surface area contributed by atoms with Gasteiger partial charge in [-0.2, -0.15) is 0 Å². The second-order valence-corrected chi connectivity index (χ2v) is 6.15. The highest BCUT2D eigenvalue weighted by Crippen LogP contribution is 2.28. The molecule has 0 spiro atoms. The van der Waals surface area contributed by atoms with Crippen molar-refractivity contribution in [3.8, 4) is 0 Å². The molecule has 6 nitrogen and oxygen atoms in total. The lowest BCUT2D eigenvalue weighted by molar-refractivity contribution is -0.147. The molecule has 1 amide bonds. The first kappa shape index (κ1) is 14.9. The molecule has 1 aliphatic rings. The quantitative estimate of drug-likeness (QED) is 0.659. The number of carbonyl (C=O) groups is 2. The number of carboxylic acid groups (broad SMARTS) is 1. The van der Waals surface area contributed by atoms with Crippen molar-refractivity contribution in [2.24, 2.45) is 16.6 Å². The molecular weight excluding hydrogens is 236 g/mol. The van der Waals surface area contributed by atoms with Crippen LogP contribution in [0.2, 0.25) is 0 Å². The fraction of sp³-hybridized carbons (Fsp3) is 0.833. The number of nitrogens with one attached hydrogen (secondary N) is 1. The summed E-state index contributed by atoms with van der Waals surface area (Å²) in [6, 6.07) is -1.36. The van der Waals surface area contributed by atoms with Crippen LogP contribution in [0.3, 0.4) is 0 Å². The molecular formula is C12H22N2O4. The Labute approximate surface area is 107 Å². The summed E-state index contributed by atoms with van der Waals surface area (Å²) in [5.74, 6) is -1.42. The van der Waals surface area contributed by atoms with Crippen LogP contribution >= 0.6 is 0 Å². The van der Waals surface area contributed by atoms with Crippen molar-refractivity contribution in [3.05, 3.63) is 0 Å². The van der Waals surface area contributed by atoms with E-state index in [1.54, 1.807) is 27.7 Å². The van der Waals surface area contributed by atoms with Crippen LogP contribution in [0.1, 0.15) is 27.7 Å². The lowest BCUT2D eigenvalue weighted by Crippen LogP contribution is -2.57. The SMILES string of the molecule is CC1(C(=O)N[C@H](C(=O)O)C(C)(C)C)COCC1N. The highest BCUT2D eigenvalue weighted by atomic mass is 16.5. The Morgan fingerprint density at radius 3 is 2.39 bits per heavy atom. The Morgan fingerprint density at radius 1 is 1.50 bits per heavy atom. The fourth-order valence-electron chi connectivity index (χ4n) is 1.87. The van der Waals surface area contributed by atoms with Crippen LogP contribution in [-0.4, -0.2) is 42.3 Å². The third-order valence-electron chi connectivity index (χ3n) is 3.42. The zero-order chi connectivity index (χ0) is 14.1. The molecule has 1 fully saturated rings. The van der Waals surface area contributed by atoms with Gasteiger partial charge in [-0.1, -0.05) is 20.8 Å². The van der Waals surface area contributed by atoms with Crippen LogP contribution < -0.4 is 11.1 Å². The average Bonchev–Trinajstić information content (AvgIpc) is 2.54. The molecule has 0 saturated carbocycles. The van der Waals surface area contributed by atoms with Gasteiger partial charge in [0.2, 0.25) is 5.91 Å². The molecule has 2 unspecified atom stereocenters. The third kappa shape index (κ3) is 2.81. The van der Waals surface area contributed by atoms with Gasteiger partial charge in [-0.05, 0) is 12.3 Å². The van der Waals surface area contributed by atoms with Crippen LogP contribution in [0.25, 0.3) is 0 Å². The minimum absolute atomic E-state index is 0.219. The van der Waals surface area contributed by atoms with Gasteiger partial charge in [-0.25, -0.2) is 4.79 Å². The van der Waals surface area contributed by atoms with E-state index in [2.05, 4.69) is 5.32 Å². The van der Waals surface area contributed by atoms with Gasteiger partial charge in [0.15, 0.2) is 0 Å². The number of rotatable bonds is 3. The summed E-state index contributed by atoms with van der Waals surface area (Å²) in [5, 5.41) is 11.7. The molecule has 6 heteroatoms. The van der Waals surface area contributed by atoms with Gasteiger partial charge in [-0.3, -0.25) is 4.79 Å². The number of aliphatic carboxylic acids is 1. The van der Waals surface area contributed by atoms with Crippen molar-refractivity contribution in [2.45, 2.75) is 39.8 Å². The smallest absolute Gasteiger partial charge is 0.326 e. The Balaban J connectivity index is 2.83. The van der Waals surface area contributed by atoms with E-state index in [9.17, 15) is 14.7 Å². The molecule has 0 aromatic carbocycles. The van der Waals surface area contributed by atoms with Crippen LogP contribution in [0, 0.1) is 10.8 Å². The summed E-state index contributed by atoms with van der Waals surface area (Å²) in [7, 11) is 0. The Morgan fingerprint density at radius 2 is 2.06 bits per heavy atom. The molecule has 104 valence electrons. The summed E-state index contributed by atoms with van der Waals surface area (Å²) >= 11 is 0. The van der Waals surface area contributed by atoms with E-state index >= 15 is 0 Å². The lowest BCUT2D eigenvalue weighted by atomic mass is 9.82. The van der Waals surface area contributed by atoms with Crippen LogP contribution in [0.4, 0.5) is 0 Å². The standard InChI is InChI=1S/C12H22N2O4/c1-11(2,3)8(9(15)16)14-10(17)12(4)6-18-5-7(12)13/h7-8H,5-6,13H2,1-4H3,(H,14,17)(H,15,16)/t7?,8-,12?/m1/s1. The van der Waals surface area contributed by atoms with Crippen molar-refractivity contribution in [2.75, 3.05) is 13.2 Å². The molecule has 0 aliphatic carbocycles. The lowest BCUT2D eigenvalue weighted by Gasteiger charge is -2.32. The minimum atomic E-state index is -1.05. The predicted octanol–water partition coefficient (Wildman–Crippen LogP) is -0.0343. The van der Waals surface area contributed by atoms with E-state index in [1.807, 2.05) is 0 Å². The Kier molecular flexibility index (Phi) is 4.02. The molecule has 4 N–H and O–H groups in total. The van der Waals surface area contributed by atoms with Crippen molar-refractivity contribution in [1.82, 2.24) is 5.32 Å². The van der Waals surface area contributed by atoms with E-state index in [0.717, 1.165) is 0 Å². The summed E-state index contributed by atoms with van der Waals surface area (Å²) < 4.78 is 5.19. The van der Waals surface area contributed by atoms with Gasteiger partial charge in [0.05, 0.1) is 18.6 Å². The first-order valence-corrected chi connectivity index (χ1v) is 5.96. The highest BCUT2D eigenvalue weighted by molar-refractivity contribution is 5.88. The van der Waals surface area contributed by atoms with Crippen LogP contribution in [0.15, 0.2) is 0 Å². The summed E-state index contributed by atoms with van der Waals surface area (Å²) in [6.07, 6.45) is 0. The van der Waals surface area contributed by atoms with Crippen molar-refractivity contribution >= 4 is 11.9 Å². The monoisotopic (exact) mass is 258 g/mol. The van der Waals surface area contributed by atoms with Gasteiger partial charge in [-0.15, -0.1) is 0 Å². The van der Waals surface area contributed by atoms with Crippen LogP contribution in [0.5, 0.6) is 0 Å². The van der Waals surface area contributed by atoms with Gasteiger partial charge >= 0.3 is 5.97 Å². The molecule has 0 bridgehead atoms. The second-order valence-electron chi connectivity index (χ2n) is 6.15. The molecule has 1 aliphatic heterocycles. The molecule has 18 heavy (non-hydrogen) atoms. The molecule has 0 radical (unpaired) electrons. The van der Waals surface area contributed by atoms with E-state index in [4.69, 9.17) is 10.5 Å². The van der Waals surface area contributed by atoms with E-state index < -0.39 is 28.9 Å². The maximum Gasteiger partial charge on any atom is 0.326 e. The van der Waals surface area contributed by atoms with Crippen LogP contribution in [-0.2, 0) is 14.3 Å². The maximum atomic E-state index is 12.2. The molecule has 1 rings (SSSR count). The first-order valence-electron chi connectivity index (χ1n) is 5.96. The topological polar surface area (TPSA) is 102 Å². The zero-order valence-electron chi connectivity index (χ0n) is 11.3. The van der Waals surface area contributed by atoms with Crippen molar-refractivity contribution < 1.29 is 19.4 Å². The second kappa shape index (κ2) is 4.85. The van der Waals surface area contributed by atoms with Gasteiger partial charge in [0, 0.05) is 6.04 Å². The van der Waals surface area contributed by atoms with Gasteiger partial charge in [0.25, 0.3) is 0 Å². The number of carbonyl (C=O) groups excluding carboxylic acids is 1. The van der Waals surface area contributed by atoms with Gasteiger partial charge < -0.3 is 20.9 Å². The van der Waals surface area contributed by atoms with E-state index in [1.165, 1.54) is 0 Å². The fourth-order valence-corrected chi connectivity index (χ4v) is 1.87. The largest absolute Gasteiger partial charge is 0.480 e. The highest BCUT2D eigenvalue weighted by Gasteiger charge is 2.46. The zero-order valence-corrected chi connectivity index (χ0v) is 11.3. The van der Waals surface area contributed by atoms with Gasteiger partial charge in [0.1, 0.15) is 6.04 Å². The Bertz CT molecular complexity index is 350. The number of carboxylic acids is 1. The number of amides is 1. The minimum Gasteiger partial charge on any atom is -0.480 e. The molecule has 1 saturated heterocycles. The predicted molar refractivity (Wildman–Crippen MR) is 65.9 cm³/mol. The third-order valence-corrected chi connectivity index (χ3v) is 3.42. The first-order chi connectivity index (χ1) is 8.09.